The normalized spacial score (nSPS) is 12.6. The Hall–Kier alpha value is -1.84. The quantitative estimate of drug-likeness (QED) is 0.571. The second-order valence-corrected chi connectivity index (χ2v) is 3.34. The fourth-order valence-corrected chi connectivity index (χ4v) is 1.24. The van der Waals surface area contributed by atoms with E-state index in [9.17, 15) is 4.79 Å². The predicted octanol–water partition coefficient (Wildman–Crippen LogP) is 1.83. The molecule has 0 radical (unpaired) electrons. The molecule has 3 N–H and O–H groups in total. The Morgan fingerprint density at radius 2 is 2.20 bits per heavy atom. The van der Waals surface area contributed by atoms with Gasteiger partial charge in [0.1, 0.15) is 0 Å². The molecule has 0 fully saturated rings. The van der Waals surface area contributed by atoms with Crippen molar-refractivity contribution in [1.82, 2.24) is 5.43 Å². The van der Waals surface area contributed by atoms with Gasteiger partial charge in [0.2, 0.25) is 0 Å². The van der Waals surface area contributed by atoms with Crippen molar-refractivity contribution in [3.63, 3.8) is 0 Å². The lowest BCUT2D eigenvalue weighted by Gasteiger charge is -2.07. The van der Waals surface area contributed by atoms with Gasteiger partial charge in [-0.05, 0) is 17.9 Å². The molecule has 1 atom stereocenters. The van der Waals surface area contributed by atoms with Gasteiger partial charge in [-0.25, -0.2) is 10.2 Å². The van der Waals surface area contributed by atoms with Crippen LogP contribution < -0.4 is 11.2 Å². The molecule has 1 aromatic rings. The van der Waals surface area contributed by atoms with E-state index >= 15 is 0 Å². The Labute approximate surface area is 89.2 Å². The van der Waals surface area contributed by atoms with Crippen LogP contribution in [0.1, 0.15) is 24.8 Å². The molecule has 0 aliphatic heterocycles. The fraction of sp³-hybridized carbons (Fsp3) is 0.273. The second kappa shape index (κ2) is 5.80. The van der Waals surface area contributed by atoms with E-state index in [0.29, 0.717) is 5.92 Å². The zero-order valence-corrected chi connectivity index (χ0v) is 8.68. The SMILES string of the molecule is CC(CC=NNC(N)=O)c1ccccc1. The monoisotopic (exact) mass is 205 g/mol. The highest BCUT2D eigenvalue weighted by atomic mass is 16.2. The molecule has 80 valence electrons. The number of hydrogen-bond donors (Lipinski definition) is 2. The average molecular weight is 205 g/mol. The first kappa shape index (κ1) is 11.2. The van der Waals surface area contributed by atoms with Gasteiger partial charge < -0.3 is 5.73 Å². The second-order valence-electron chi connectivity index (χ2n) is 3.34. The van der Waals surface area contributed by atoms with Crippen molar-refractivity contribution in [2.45, 2.75) is 19.3 Å². The number of rotatable bonds is 4. The number of primary amides is 1. The number of nitrogens with zero attached hydrogens (tertiary/aromatic N) is 1. The summed E-state index contributed by atoms with van der Waals surface area (Å²) in [5.74, 6) is 0.379. The van der Waals surface area contributed by atoms with Crippen LogP contribution in [0.25, 0.3) is 0 Å². The maximum Gasteiger partial charge on any atom is 0.332 e. The van der Waals surface area contributed by atoms with Gasteiger partial charge in [-0.1, -0.05) is 37.3 Å². The van der Waals surface area contributed by atoms with E-state index in [2.05, 4.69) is 29.6 Å². The topological polar surface area (TPSA) is 67.5 Å². The van der Waals surface area contributed by atoms with Crippen molar-refractivity contribution < 1.29 is 4.79 Å². The molecule has 0 heterocycles. The molecule has 0 bridgehead atoms. The summed E-state index contributed by atoms with van der Waals surface area (Å²) in [5.41, 5.74) is 8.27. The third-order valence-electron chi connectivity index (χ3n) is 2.09. The summed E-state index contributed by atoms with van der Waals surface area (Å²) in [6.07, 6.45) is 2.42. The van der Waals surface area contributed by atoms with Crippen LogP contribution in [0.4, 0.5) is 4.79 Å². The van der Waals surface area contributed by atoms with Crippen molar-refractivity contribution in [3.05, 3.63) is 35.9 Å². The average Bonchev–Trinajstić information content (AvgIpc) is 2.25. The van der Waals surface area contributed by atoms with Crippen LogP contribution in [0, 0.1) is 0 Å². The van der Waals surface area contributed by atoms with Gasteiger partial charge in [-0.15, -0.1) is 0 Å². The Morgan fingerprint density at radius 3 is 2.80 bits per heavy atom. The molecule has 0 saturated heterocycles. The van der Waals surface area contributed by atoms with Gasteiger partial charge in [-0.3, -0.25) is 0 Å². The van der Waals surface area contributed by atoms with Crippen molar-refractivity contribution >= 4 is 12.2 Å². The molecule has 0 aliphatic rings. The van der Waals surface area contributed by atoms with Crippen LogP contribution in [-0.4, -0.2) is 12.2 Å². The predicted molar refractivity (Wildman–Crippen MR) is 60.7 cm³/mol. The first-order chi connectivity index (χ1) is 7.20. The minimum atomic E-state index is -0.640. The lowest BCUT2D eigenvalue weighted by atomic mass is 9.99. The highest BCUT2D eigenvalue weighted by Gasteiger charge is 2.01. The Morgan fingerprint density at radius 1 is 1.53 bits per heavy atom. The summed E-state index contributed by atoms with van der Waals surface area (Å²) in [5, 5.41) is 3.69. The van der Waals surface area contributed by atoms with Crippen LogP contribution >= 0.6 is 0 Å². The first-order valence-corrected chi connectivity index (χ1v) is 4.82. The summed E-state index contributed by atoms with van der Waals surface area (Å²) in [6.45, 7) is 2.10. The Balaban J connectivity index is 2.40. The molecule has 0 spiro atoms. The highest BCUT2D eigenvalue weighted by molar-refractivity contribution is 5.72. The number of nitrogens with one attached hydrogen (secondary N) is 1. The lowest BCUT2D eigenvalue weighted by Crippen LogP contribution is -2.24. The molecule has 0 aromatic heterocycles. The number of hydrogen-bond acceptors (Lipinski definition) is 2. The smallest absolute Gasteiger partial charge is 0.332 e. The van der Waals surface area contributed by atoms with Crippen molar-refractivity contribution in [1.29, 1.82) is 0 Å². The molecule has 4 nitrogen and oxygen atoms in total. The molecule has 15 heavy (non-hydrogen) atoms. The molecule has 1 aromatic carbocycles. The maximum atomic E-state index is 10.3. The standard InChI is InChI=1S/C11H15N3O/c1-9(7-8-13-14-11(12)15)10-5-3-2-4-6-10/h2-6,8-9H,7H2,1H3,(H3,12,14,15). The van der Waals surface area contributed by atoms with E-state index in [1.165, 1.54) is 5.56 Å². The van der Waals surface area contributed by atoms with E-state index in [4.69, 9.17) is 5.73 Å². The largest absolute Gasteiger partial charge is 0.350 e. The minimum absolute atomic E-state index is 0.379. The number of nitrogens with two attached hydrogens (primary N) is 1. The molecular formula is C11H15N3O. The van der Waals surface area contributed by atoms with E-state index in [1.54, 1.807) is 6.21 Å². The van der Waals surface area contributed by atoms with E-state index < -0.39 is 6.03 Å². The summed E-state index contributed by atoms with van der Waals surface area (Å²) < 4.78 is 0. The van der Waals surface area contributed by atoms with Crippen LogP contribution in [0.5, 0.6) is 0 Å². The molecule has 1 rings (SSSR count). The maximum absolute atomic E-state index is 10.3. The van der Waals surface area contributed by atoms with Gasteiger partial charge in [0.05, 0.1) is 0 Å². The Bertz CT molecular complexity index is 335. The summed E-state index contributed by atoms with van der Waals surface area (Å²) >= 11 is 0. The number of urea groups is 1. The summed E-state index contributed by atoms with van der Waals surface area (Å²) in [6, 6.07) is 9.49. The van der Waals surface area contributed by atoms with Gasteiger partial charge >= 0.3 is 6.03 Å². The molecule has 1 unspecified atom stereocenters. The number of hydrazone groups is 1. The van der Waals surface area contributed by atoms with Gasteiger partial charge in [-0.2, -0.15) is 5.10 Å². The summed E-state index contributed by atoms with van der Waals surface area (Å²) in [7, 11) is 0. The van der Waals surface area contributed by atoms with Crippen molar-refractivity contribution in [2.24, 2.45) is 10.8 Å². The first-order valence-electron chi connectivity index (χ1n) is 4.82. The summed E-state index contributed by atoms with van der Waals surface area (Å²) in [4.78, 5) is 10.3. The molecule has 2 amide bonds. The van der Waals surface area contributed by atoms with Gasteiger partial charge in [0, 0.05) is 6.21 Å². The zero-order chi connectivity index (χ0) is 11.1. The van der Waals surface area contributed by atoms with Crippen LogP contribution in [-0.2, 0) is 0 Å². The third-order valence-corrected chi connectivity index (χ3v) is 2.09. The fourth-order valence-electron chi connectivity index (χ4n) is 1.24. The van der Waals surface area contributed by atoms with Crippen LogP contribution in [0.2, 0.25) is 0 Å². The van der Waals surface area contributed by atoms with Crippen molar-refractivity contribution in [2.75, 3.05) is 0 Å². The third kappa shape index (κ3) is 4.26. The van der Waals surface area contributed by atoms with Gasteiger partial charge in [0.25, 0.3) is 0 Å². The van der Waals surface area contributed by atoms with Crippen molar-refractivity contribution in [3.8, 4) is 0 Å². The molecular weight excluding hydrogens is 190 g/mol. The van der Waals surface area contributed by atoms with Crippen LogP contribution in [0.15, 0.2) is 35.4 Å². The zero-order valence-electron chi connectivity index (χ0n) is 8.68. The van der Waals surface area contributed by atoms with Gasteiger partial charge in [0.15, 0.2) is 0 Å². The number of carbonyl (C=O) groups is 1. The molecule has 0 saturated carbocycles. The number of amides is 2. The highest BCUT2D eigenvalue weighted by Crippen LogP contribution is 2.16. The number of benzene rings is 1. The van der Waals surface area contributed by atoms with E-state index in [0.717, 1.165) is 6.42 Å². The lowest BCUT2D eigenvalue weighted by molar-refractivity contribution is 0.249. The van der Waals surface area contributed by atoms with E-state index in [1.807, 2.05) is 18.2 Å². The molecule has 4 heteroatoms. The van der Waals surface area contributed by atoms with Crippen LogP contribution in [0.3, 0.4) is 0 Å². The Kier molecular flexibility index (Phi) is 4.34. The van der Waals surface area contributed by atoms with E-state index in [-0.39, 0.29) is 0 Å². The minimum Gasteiger partial charge on any atom is -0.350 e. The molecule has 0 aliphatic carbocycles. The number of carbonyl (C=O) groups excluding carboxylic acids is 1.